The third-order valence-corrected chi connectivity index (χ3v) is 5.32. The van der Waals surface area contributed by atoms with Gasteiger partial charge in [-0.05, 0) is 59.7 Å². The van der Waals surface area contributed by atoms with Crippen LogP contribution in [0, 0.1) is 17.1 Å². The molecule has 0 aromatic heterocycles. The summed E-state index contributed by atoms with van der Waals surface area (Å²) in [5.41, 5.74) is 4.20. The second kappa shape index (κ2) is 10.8. The van der Waals surface area contributed by atoms with Gasteiger partial charge in [0.2, 0.25) is 0 Å². The molecular weight excluding hydrogens is 439 g/mol. The smallest absolute Gasteiger partial charge is 0.346 e. The highest BCUT2D eigenvalue weighted by Gasteiger charge is 2.11. The van der Waals surface area contributed by atoms with E-state index in [0.29, 0.717) is 5.56 Å². The molecule has 0 bridgehead atoms. The molecule has 1 N–H and O–H groups in total. The molecule has 0 aliphatic rings. The Balaban J connectivity index is 1.56. The van der Waals surface area contributed by atoms with Gasteiger partial charge in [0.25, 0.3) is 0 Å². The summed E-state index contributed by atoms with van der Waals surface area (Å²) in [5, 5.41) is 17.8. The summed E-state index contributed by atoms with van der Waals surface area (Å²) >= 11 is 0. The molecule has 0 fully saturated rings. The summed E-state index contributed by atoms with van der Waals surface area (Å²) in [7, 11) is 0. The van der Waals surface area contributed by atoms with E-state index in [0.717, 1.165) is 28.7 Å². The van der Waals surface area contributed by atoms with Crippen molar-refractivity contribution in [3.05, 3.63) is 131 Å². The molecule has 4 rings (SSSR count). The monoisotopic (exact) mass is 460 g/mol. The molecule has 0 atom stereocenters. The van der Waals surface area contributed by atoms with Gasteiger partial charge < -0.3 is 10.0 Å². The predicted octanol–water partition coefficient (Wildman–Crippen LogP) is 7.46. The zero-order valence-electron chi connectivity index (χ0n) is 18.7. The number of hydrogen-bond acceptors (Lipinski definition) is 3. The normalized spacial score (nSPS) is 11.3. The standard InChI is InChI=1S/C30H21FN2O2/c31-29-19-23(13-16-24(29)20-25(21-32)30(34)35)12-11-22-14-17-28(18-15-22)33(26-7-3-1-4-8-26)27-9-5-2-6-10-27/h1-20H,(H,34,35)/b12-11+,25-20+. The van der Waals surface area contributed by atoms with Crippen LogP contribution in [0.3, 0.4) is 0 Å². The lowest BCUT2D eigenvalue weighted by molar-refractivity contribution is -0.132. The van der Waals surface area contributed by atoms with Crippen molar-refractivity contribution < 1.29 is 14.3 Å². The average molecular weight is 461 g/mol. The minimum atomic E-state index is -1.39. The second-order valence-corrected chi connectivity index (χ2v) is 7.69. The highest BCUT2D eigenvalue weighted by molar-refractivity contribution is 5.96. The van der Waals surface area contributed by atoms with Crippen molar-refractivity contribution in [1.82, 2.24) is 0 Å². The van der Waals surface area contributed by atoms with E-state index in [4.69, 9.17) is 10.4 Å². The van der Waals surface area contributed by atoms with Gasteiger partial charge in [0.05, 0.1) is 0 Å². The van der Waals surface area contributed by atoms with E-state index in [-0.39, 0.29) is 5.56 Å². The molecule has 4 nitrogen and oxygen atoms in total. The minimum absolute atomic E-state index is 0.0485. The van der Waals surface area contributed by atoms with E-state index in [1.807, 2.05) is 66.7 Å². The third kappa shape index (κ3) is 5.70. The van der Waals surface area contributed by atoms with Crippen molar-refractivity contribution in [2.75, 3.05) is 4.90 Å². The summed E-state index contributed by atoms with van der Waals surface area (Å²) < 4.78 is 14.4. The van der Waals surface area contributed by atoms with Crippen molar-refractivity contribution in [1.29, 1.82) is 5.26 Å². The molecule has 170 valence electrons. The van der Waals surface area contributed by atoms with Crippen LogP contribution in [-0.4, -0.2) is 11.1 Å². The van der Waals surface area contributed by atoms with Crippen LogP contribution in [0.15, 0.2) is 109 Å². The van der Waals surface area contributed by atoms with Gasteiger partial charge in [0.15, 0.2) is 0 Å². The molecule has 0 heterocycles. The maximum atomic E-state index is 14.4. The Morgan fingerprint density at radius 2 is 1.29 bits per heavy atom. The summed E-state index contributed by atoms with van der Waals surface area (Å²) in [4.78, 5) is 13.1. The predicted molar refractivity (Wildman–Crippen MR) is 138 cm³/mol. The van der Waals surface area contributed by atoms with Gasteiger partial charge in [-0.2, -0.15) is 5.26 Å². The maximum absolute atomic E-state index is 14.4. The van der Waals surface area contributed by atoms with Gasteiger partial charge in [-0.3, -0.25) is 0 Å². The lowest BCUT2D eigenvalue weighted by atomic mass is 10.1. The molecule has 0 unspecified atom stereocenters. The van der Waals surface area contributed by atoms with Crippen LogP contribution in [0.25, 0.3) is 18.2 Å². The fraction of sp³-hybridized carbons (Fsp3) is 0. The van der Waals surface area contributed by atoms with E-state index < -0.39 is 17.4 Å². The van der Waals surface area contributed by atoms with E-state index in [2.05, 4.69) is 29.2 Å². The number of hydrogen-bond donors (Lipinski definition) is 1. The Labute approximate surface area is 203 Å². The first-order chi connectivity index (χ1) is 17.0. The number of aliphatic carboxylic acids is 1. The molecule has 0 saturated heterocycles. The van der Waals surface area contributed by atoms with Crippen molar-refractivity contribution in [2.45, 2.75) is 0 Å². The van der Waals surface area contributed by atoms with E-state index in [1.54, 1.807) is 18.2 Å². The average Bonchev–Trinajstić information content (AvgIpc) is 2.89. The van der Waals surface area contributed by atoms with Crippen molar-refractivity contribution in [3.63, 3.8) is 0 Å². The molecule has 0 aliphatic carbocycles. The first-order valence-electron chi connectivity index (χ1n) is 10.9. The molecule has 4 aromatic rings. The number of nitrogens with zero attached hydrogens (tertiary/aromatic N) is 2. The number of anilines is 3. The van der Waals surface area contributed by atoms with Gasteiger partial charge in [-0.15, -0.1) is 0 Å². The van der Waals surface area contributed by atoms with Crippen LogP contribution in [-0.2, 0) is 4.79 Å². The van der Waals surface area contributed by atoms with E-state index >= 15 is 0 Å². The van der Waals surface area contributed by atoms with E-state index in [9.17, 15) is 9.18 Å². The number of carboxylic acids is 1. The topological polar surface area (TPSA) is 64.3 Å². The molecule has 0 spiro atoms. The summed E-state index contributed by atoms with van der Waals surface area (Å²) in [6.07, 6.45) is 4.68. The molecule has 0 radical (unpaired) electrons. The second-order valence-electron chi connectivity index (χ2n) is 7.69. The van der Waals surface area contributed by atoms with Crippen LogP contribution in [0.2, 0.25) is 0 Å². The zero-order chi connectivity index (χ0) is 24.6. The molecular formula is C30H21FN2O2. The maximum Gasteiger partial charge on any atom is 0.346 e. The lowest BCUT2D eigenvalue weighted by Gasteiger charge is -2.25. The van der Waals surface area contributed by atoms with Gasteiger partial charge >= 0.3 is 5.97 Å². The van der Waals surface area contributed by atoms with Crippen molar-refractivity contribution in [3.8, 4) is 6.07 Å². The van der Waals surface area contributed by atoms with Gasteiger partial charge in [0.1, 0.15) is 17.5 Å². The molecule has 0 saturated carbocycles. The fourth-order valence-corrected chi connectivity index (χ4v) is 3.59. The number of para-hydroxylation sites is 2. The van der Waals surface area contributed by atoms with Gasteiger partial charge in [-0.1, -0.05) is 72.8 Å². The van der Waals surface area contributed by atoms with Gasteiger partial charge in [-0.25, -0.2) is 9.18 Å². The first-order valence-corrected chi connectivity index (χ1v) is 10.9. The Morgan fingerprint density at radius 3 is 1.80 bits per heavy atom. The third-order valence-electron chi connectivity index (χ3n) is 5.32. The van der Waals surface area contributed by atoms with Gasteiger partial charge in [0, 0.05) is 22.6 Å². The SMILES string of the molecule is N#C/C(=C\c1ccc(/C=C/c2ccc(N(c3ccccc3)c3ccccc3)cc2)cc1F)C(=O)O. The quantitative estimate of drug-likeness (QED) is 0.177. The molecule has 35 heavy (non-hydrogen) atoms. The number of carbonyl (C=O) groups is 1. The van der Waals surface area contributed by atoms with E-state index in [1.165, 1.54) is 12.1 Å². The fourth-order valence-electron chi connectivity index (χ4n) is 3.59. The highest BCUT2D eigenvalue weighted by atomic mass is 19.1. The summed E-state index contributed by atoms with van der Waals surface area (Å²) in [6, 6.07) is 34.3. The van der Waals surface area contributed by atoms with Crippen LogP contribution in [0.1, 0.15) is 16.7 Å². The van der Waals surface area contributed by atoms with Crippen molar-refractivity contribution in [2.24, 2.45) is 0 Å². The van der Waals surface area contributed by atoms with Crippen molar-refractivity contribution >= 4 is 41.3 Å². The van der Waals surface area contributed by atoms with Crippen LogP contribution in [0.5, 0.6) is 0 Å². The zero-order valence-corrected chi connectivity index (χ0v) is 18.7. The molecule has 0 amide bonds. The Hall–Kier alpha value is -4.95. The highest BCUT2D eigenvalue weighted by Crippen LogP contribution is 2.34. The largest absolute Gasteiger partial charge is 0.477 e. The Morgan fingerprint density at radius 1 is 0.771 bits per heavy atom. The van der Waals surface area contributed by atoms with Crippen LogP contribution >= 0.6 is 0 Å². The molecule has 4 aromatic carbocycles. The van der Waals surface area contributed by atoms with Crippen LogP contribution < -0.4 is 4.90 Å². The number of halogens is 1. The number of rotatable bonds is 7. The lowest BCUT2D eigenvalue weighted by Crippen LogP contribution is -2.09. The minimum Gasteiger partial charge on any atom is -0.477 e. The summed E-state index contributed by atoms with van der Waals surface area (Å²) in [5.74, 6) is -1.99. The first kappa shape index (κ1) is 23.2. The molecule has 0 aliphatic heterocycles. The Bertz CT molecular complexity index is 1380. The Kier molecular flexibility index (Phi) is 7.15. The number of carboxylic acid groups (broad SMARTS) is 1. The number of nitriles is 1. The number of benzene rings is 4. The summed E-state index contributed by atoms with van der Waals surface area (Å²) in [6.45, 7) is 0. The van der Waals surface area contributed by atoms with Crippen LogP contribution in [0.4, 0.5) is 21.5 Å². The molecule has 5 heteroatoms.